The summed E-state index contributed by atoms with van der Waals surface area (Å²) in [6.07, 6.45) is 1.98. The van der Waals surface area contributed by atoms with Crippen molar-refractivity contribution in [3.8, 4) is 44.5 Å². The summed E-state index contributed by atoms with van der Waals surface area (Å²) in [5.74, 6) is 0. The maximum atomic E-state index is 5.23. The van der Waals surface area contributed by atoms with E-state index in [9.17, 15) is 0 Å². The Bertz CT molecular complexity index is 2860. The summed E-state index contributed by atoms with van der Waals surface area (Å²) in [4.78, 5) is 5.23. The zero-order valence-electron chi connectivity index (χ0n) is 31.0. The second kappa shape index (κ2) is 11.2. The van der Waals surface area contributed by atoms with E-state index in [-0.39, 0.29) is 0 Å². The van der Waals surface area contributed by atoms with E-state index < -0.39 is 16.1 Å². The smallest absolute Gasteiger partial charge is 0.128 e. The zero-order valence-corrected chi connectivity index (χ0v) is 33.0. The molecule has 262 valence electrons. The molecular formula is C53H37NSi2. The van der Waals surface area contributed by atoms with Gasteiger partial charge in [-0.05, 0) is 135 Å². The van der Waals surface area contributed by atoms with Crippen molar-refractivity contribution in [3.63, 3.8) is 0 Å². The molecule has 5 heterocycles. The molecule has 0 saturated carbocycles. The largest absolute Gasteiger partial charge is 0.256 e. The number of nitrogens with zero attached hydrogens (tertiary/aromatic N) is 1. The number of fused-ring (bicyclic) bond motifs is 14. The Morgan fingerprint density at radius 1 is 0.339 bits per heavy atom. The van der Waals surface area contributed by atoms with E-state index in [4.69, 9.17) is 4.98 Å². The van der Waals surface area contributed by atoms with Crippen LogP contribution in [-0.2, 0) is 24.2 Å². The molecule has 1 nitrogen and oxygen atoms in total. The third kappa shape index (κ3) is 4.01. The van der Waals surface area contributed by atoms with E-state index in [1.807, 2.05) is 6.20 Å². The molecule has 4 aliphatic rings. The first-order valence-corrected chi connectivity index (χ1v) is 25.0. The van der Waals surface area contributed by atoms with Crippen LogP contribution in [-0.4, -0.2) is 21.1 Å². The summed E-state index contributed by atoms with van der Waals surface area (Å²) in [6.45, 7) is 0. The van der Waals surface area contributed by atoms with Crippen LogP contribution in [0.5, 0.6) is 0 Å². The monoisotopic (exact) mass is 743 g/mol. The molecule has 2 spiro atoms. The molecule has 0 unspecified atom stereocenters. The highest BCUT2D eigenvalue weighted by molar-refractivity contribution is 7.06. The first-order chi connectivity index (χ1) is 27.7. The molecule has 0 fully saturated rings. The Kier molecular flexibility index (Phi) is 6.24. The van der Waals surface area contributed by atoms with Crippen LogP contribution in [0.15, 0.2) is 176 Å². The van der Waals surface area contributed by atoms with Crippen molar-refractivity contribution in [3.05, 3.63) is 198 Å². The molecule has 13 rings (SSSR count). The van der Waals surface area contributed by atoms with Crippen molar-refractivity contribution in [2.45, 2.75) is 24.2 Å². The first-order valence-electron chi connectivity index (χ1n) is 20.1. The molecule has 0 saturated heterocycles. The molecule has 0 N–H and O–H groups in total. The van der Waals surface area contributed by atoms with Gasteiger partial charge in [0.15, 0.2) is 0 Å². The standard InChI is InChI=1S/C53H37NSi2/c1-2-13-37-31-55(30-36(37)12-1)47-21-9-7-16-40(47)45-28-34(23-25-49(45)55)51-42-18-5-6-19-43(42)52(53-44(51)20-11-27-54-53)35-24-26-50-46(29-35)41-17-8-10-22-48(41)56(50)32-38-14-3-4-15-39(38)33-56/h1-29H,30-33H2. The average Bonchev–Trinajstić information content (AvgIpc) is 3.99. The summed E-state index contributed by atoms with van der Waals surface area (Å²) in [5, 5.41) is 10.2. The fourth-order valence-corrected chi connectivity index (χ4v) is 22.7. The minimum absolute atomic E-state index is 1.07. The molecule has 3 heteroatoms. The minimum atomic E-state index is -1.98. The minimum Gasteiger partial charge on any atom is -0.256 e. The van der Waals surface area contributed by atoms with Gasteiger partial charge in [0.1, 0.15) is 16.1 Å². The third-order valence-electron chi connectivity index (χ3n) is 14.1. The average molecular weight is 744 g/mol. The normalized spacial score (nSPS) is 15.9. The Hall–Kier alpha value is -6.14. The van der Waals surface area contributed by atoms with Crippen molar-refractivity contribution in [2.75, 3.05) is 0 Å². The molecule has 0 aliphatic carbocycles. The molecule has 0 bridgehead atoms. The van der Waals surface area contributed by atoms with Gasteiger partial charge in [0.25, 0.3) is 0 Å². The predicted octanol–water partition coefficient (Wildman–Crippen LogP) is 9.56. The second-order valence-electron chi connectivity index (χ2n) is 16.7. The van der Waals surface area contributed by atoms with E-state index in [1.165, 1.54) is 84.8 Å². The van der Waals surface area contributed by atoms with Crippen LogP contribution in [0.2, 0.25) is 0 Å². The van der Waals surface area contributed by atoms with Gasteiger partial charge >= 0.3 is 0 Å². The number of pyridine rings is 1. The maximum absolute atomic E-state index is 5.23. The highest BCUT2D eigenvalue weighted by Crippen LogP contribution is 2.46. The Balaban J connectivity index is 1.01. The lowest BCUT2D eigenvalue weighted by Gasteiger charge is -2.24. The molecule has 1 aromatic heterocycles. The van der Waals surface area contributed by atoms with E-state index in [1.54, 1.807) is 43.0 Å². The molecule has 4 aliphatic heterocycles. The molecule has 0 atom stereocenters. The van der Waals surface area contributed by atoms with Gasteiger partial charge in [-0.15, -0.1) is 0 Å². The predicted molar refractivity (Wildman–Crippen MR) is 239 cm³/mol. The topological polar surface area (TPSA) is 12.9 Å². The lowest BCUT2D eigenvalue weighted by atomic mass is 9.86. The summed E-state index contributed by atoms with van der Waals surface area (Å²) in [6, 6.07) is 70.2. The van der Waals surface area contributed by atoms with E-state index >= 15 is 0 Å². The molecule has 9 aromatic rings. The first kappa shape index (κ1) is 31.1. The van der Waals surface area contributed by atoms with Gasteiger partial charge in [0.2, 0.25) is 0 Å². The van der Waals surface area contributed by atoms with Crippen LogP contribution in [0.3, 0.4) is 0 Å². The lowest BCUT2D eigenvalue weighted by molar-refractivity contribution is 1.35. The van der Waals surface area contributed by atoms with Crippen molar-refractivity contribution < 1.29 is 0 Å². The number of hydrogen-bond acceptors (Lipinski definition) is 1. The quantitative estimate of drug-likeness (QED) is 0.127. The Morgan fingerprint density at radius 2 is 0.750 bits per heavy atom. The van der Waals surface area contributed by atoms with Gasteiger partial charge in [-0.1, -0.05) is 152 Å². The van der Waals surface area contributed by atoms with Crippen LogP contribution in [0.1, 0.15) is 22.3 Å². The van der Waals surface area contributed by atoms with Crippen molar-refractivity contribution in [1.29, 1.82) is 0 Å². The van der Waals surface area contributed by atoms with Gasteiger partial charge < -0.3 is 0 Å². The molecule has 8 aromatic carbocycles. The van der Waals surface area contributed by atoms with Crippen molar-refractivity contribution >= 4 is 58.6 Å². The van der Waals surface area contributed by atoms with Gasteiger partial charge in [-0.2, -0.15) is 0 Å². The molecular weight excluding hydrogens is 707 g/mol. The Morgan fingerprint density at radius 3 is 1.29 bits per heavy atom. The highest BCUT2D eigenvalue weighted by Gasteiger charge is 2.50. The van der Waals surface area contributed by atoms with Gasteiger partial charge in [-0.25, -0.2) is 0 Å². The summed E-state index contributed by atoms with van der Waals surface area (Å²) >= 11 is 0. The van der Waals surface area contributed by atoms with Crippen LogP contribution in [0.4, 0.5) is 0 Å². The summed E-state index contributed by atoms with van der Waals surface area (Å²) in [7, 11) is -3.95. The number of rotatable bonds is 2. The van der Waals surface area contributed by atoms with Gasteiger partial charge in [-0.3, -0.25) is 4.98 Å². The van der Waals surface area contributed by atoms with Crippen LogP contribution >= 0.6 is 0 Å². The summed E-state index contributed by atoms with van der Waals surface area (Å²) in [5.41, 5.74) is 18.1. The van der Waals surface area contributed by atoms with Gasteiger partial charge in [0.05, 0.1) is 5.52 Å². The van der Waals surface area contributed by atoms with E-state index in [0.717, 1.165) is 5.52 Å². The number of hydrogen-bond donors (Lipinski definition) is 0. The number of aromatic nitrogens is 1. The SMILES string of the molecule is c1ccc2c(c1)C[Si]1(C2)c2ccccc2-c2cc(-c3c4ccccc4c(-c4ccc5c(c4)-c4ccccc4[Si]54Cc5ccccc5C4)c4ncccc34)ccc21. The fraction of sp³-hybridized carbons (Fsp3) is 0.0755. The van der Waals surface area contributed by atoms with Crippen molar-refractivity contribution in [1.82, 2.24) is 4.98 Å². The molecule has 0 radical (unpaired) electrons. The molecule has 0 amide bonds. The second-order valence-corrected chi connectivity index (χ2v) is 24.6. The Labute approximate surface area is 329 Å². The van der Waals surface area contributed by atoms with Crippen molar-refractivity contribution in [2.24, 2.45) is 0 Å². The van der Waals surface area contributed by atoms with Crippen LogP contribution < -0.4 is 20.7 Å². The highest BCUT2D eigenvalue weighted by atomic mass is 28.3. The van der Waals surface area contributed by atoms with Crippen LogP contribution in [0, 0.1) is 0 Å². The van der Waals surface area contributed by atoms with Crippen LogP contribution in [0.25, 0.3) is 66.2 Å². The fourth-order valence-electron chi connectivity index (χ4n) is 11.8. The molecule has 56 heavy (non-hydrogen) atoms. The van der Waals surface area contributed by atoms with E-state index in [0.29, 0.717) is 0 Å². The maximum Gasteiger partial charge on any atom is 0.128 e. The van der Waals surface area contributed by atoms with E-state index in [2.05, 4.69) is 170 Å². The zero-order chi connectivity index (χ0) is 36.6. The van der Waals surface area contributed by atoms with Gasteiger partial charge in [0, 0.05) is 17.1 Å². The summed E-state index contributed by atoms with van der Waals surface area (Å²) < 4.78 is 0. The lowest BCUT2D eigenvalue weighted by Crippen LogP contribution is -2.57. The third-order valence-corrected chi connectivity index (χ3v) is 23.9. The number of benzene rings is 8.